The van der Waals surface area contributed by atoms with Gasteiger partial charge in [-0.15, -0.1) is 0 Å². The molecule has 0 aliphatic carbocycles. The molecule has 4 nitrogen and oxygen atoms in total. The number of carboxylic acids is 1. The zero-order chi connectivity index (χ0) is 17.4. The molecule has 0 atom stereocenters. The number of aromatic carboxylic acids is 1. The number of aryl methyl sites for hydroxylation is 1. The van der Waals surface area contributed by atoms with Gasteiger partial charge in [0.2, 0.25) is 0 Å². The molecule has 6 heteroatoms. The highest BCUT2D eigenvalue weighted by atomic mass is 35.5. The zero-order valence-corrected chi connectivity index (χ0v) is 13.7. The van der Waals surface area contributed by atoms with Crippen LogP contribution in [-0.2, 0) is 0 Å². The van der Waals surface area contributed by atoms with Crippen LogP contribution in [0, 0.1) is 12.7 Å². The lowest BCUT2D eigenvalue weighted by atomic mass is 10.0. The van der Waals surface area contributed by atoms with Crippen LogP contribution in [0.15, 0.2) is 36.4 Å². The lowest BCUT2D eigenvalue weighted by Crippen LogP contribution is -2.02. The molecule has 2 aromatic carbocycles. The SMILES string of the molecule is COc1ccc(-c2cc(C(=O)O)c3c(Cl)ccc(C)c3n2)cc1F. The number of methoxy groups -OCH3 is 1. The first kappa shape index (κ1) is 16.2. The van der Waals surface area contributed by atoms with Crippen molar-refractivity contribution in [3.8, 4) is 17.0 Å². The Hall–Kier alpha value is -2.66. The van der Waals surface area contributed by atoms with Crippen molar-refractivity contribution in [2.24, 2.45) is 0 Å². The molecule has 1 heterocycles. The molecule has 3 aromatic rings. The Bertz CT molecular complexity index is 972. The van der Waals surface area contributed by atoms with E-state index in [1.807, 2.05) is 6.92 Å². The number of fused-ring (bicyclic) bond motifs is 1. The fourth-order valence-electron chi connectivity index (χ4n) is 2.57. The smallest absolute Gasteiger partial charge is 0.336 e. The van der Waals surface area contributed by atoms with E-state index in [0.29, 0.717) is 27.2 Å². The number of pyridine rings is 1. The topological polar surface area (TPSA) is 59.4 Å². The number of halogens is 2. The summed E-state index contributed by atoms with van der Waals surface area (Å²) in [5.41, 5.74) is 2.10. The molecule has 0 radical (unpaired) electrons. The van der Waals surface area contributed by atoms with Crippen LogP contribution in [0.3, 0.4) is 0 Å². The Morgan fingerprint density at radius 2 is 2.00 bits per heavy atom. The van der Waals surface area contributed by atoms with Gasteiger partial charge in [0.05, 0.1) is 28.9 Å². The van der Waals surface area contributed by atoms with Crippen LogP contribution in [0.5, 0.6) is 5.75 Å². The van der Waals surface area contributed by atoms with Gasteiger partial charge in [0.15, 0.2) is 11.6 Å². The summed E-state index contributed by atoms with van der Waals surface area (Å²) >= 11 is 6.16. The maximum Gasteiger partial charge on any atom is 0.336 e. The number of rotatable bonds is 3. The average Bonchev–Trinajstić information content (AvgIpc) is 2.57. The van der Waals surface area contributed by atoms with E-state index in [9.17, 15) is 14.3 Å². The Kier molecular flexibility index (Phi) is 4.11. The van der Waals surface area contributed by atoms with E-state index in [-0.39, 0.29) is 11.3 Å². The van der Waals surface area contributed by atoms with E-state index in [1.54, 1.807) is 18.2 Å². The normalized spacial score (nSPS) is 10.8. The van der Waals surface area contributed by atoms with Crippen molar-refractivity contribution < 1.29 is 19.0 Å². The summed E-state index contributed by atoms with van der Waals surface area (Å²) in [5.74, 6) is -1.56. The third kappa shape index (κ3) is 2.67. The van der Waals surface area contributed by atoms with E-state index in [1.165, 1.54) is 25.3 Å². The van der Waals surface area contributed by atoms with Gasteiger partial charge in [0.25, 0.3) is 0 Å². The van der Waals surface area contributed by atoms with Gasteiger partial charge in [-0.2, -0.15) is 0 Å². The van der Waals surface area contributed by atoms with Gasteiger partial charge in [0.1, 0.15) is 0 Å². The van der Waals surface area contributed by atoms with E-state index in [0.717, 1.165) is 5.56 Å². The lowest BCUT2D eigenvalue weighted by Gasteiger charge is -2.11. The molecule has 0 bridgehead atoms. The second-order valence-electron chi connectivity index (χ2n) is 5.30. The van der Waals surface area contributed by atoms with Crippen molar-refractivity contribution >= 4 is 28.5 Å². The Morgan fingerprint density at radius 3 is 2.62 bits per heavy atom. The first-order valence-electron chi connectivity index (χ1n) is 7.09. The van der Waals surface area contributed by atoms with Gasteiger partial charge in [-0.1, -0.05) is 17.7 Å². The molecule has 122 valence electrons. The number of hydrogen-bond donors (Lipinski definition) is 1. The number of benzene rings is 2. The van der Waals surface area contributed by atoms with E-state index in [4.69, 9.17) is 16.3 Å². The summed E-state index contributed by atoms with van der Waals surface area (Å²) < 4.78 is 18.9. The minimum Gasteiger partial charge on any atom is -0.494 e. The van der Waals surface area contributed by atoms with Gasteiger partial charge in [0, 0.05) is 10.9 Å². The standard InChI is InChI=1S/C18H13ClFNO3/c1-9-3-5-12(19)16-11(18(22)23)8-14(21-17(9)16)10-4-6-15(24-2)13(20)7-10/h3-8H,1-2H3,(H,22,23). The van der Waals surface area contributed by atoms with Gasteiger partial charge in [-0.25, -0.2) is 14.2 Å². The lowest BCUT2D eigenvalue weighted by molar-refractivity contribution is 0.0699. The minimum atomic E-state index is -1.12. The third-order valence-electron chi connectivity index (χ3n) is 3.79. The van der Waals surface area contributed by atoms with E-state index in [2.05, 4.69) is 4.98 Å². The second-order valence-corrected chi connectivity index (χ2v) is 5.70. The van der Waals surface area contributed by atoms with E-state index >= 15 is 0 Å². The maximum atomic E-state index is 14.0. The predicted octanol–water partition coefficient (Wildman–Crippen LogP) is 4.71. The average molecular weight is 346 g/mol. The summed E-state index contributed by atoms with van der Waals surface area (Å²) in [6.07, 6.45) is 0. The second kappa shape index (κ2) is 6.09. The van der Waals surface area contributed by atoms with E-state index < -0.39 is 11.8 Å². The van der Waals surface area contributed by atoms with Crippen LogP contribution in [0.25, 0.3) is 22.2 Å². The molecular formula is C18H13ClFNO3. The number of nitrogens with zero attached hydrogens (tertiary/aromatic N) is 1. The highest BCUT2D eigenvalue weighted by Crippen LogP contribution is 2.32. The molecule has 0 saturated heterocycles. The molecule has 0 aliphatic heterocycles. The molecule has 24 heavy (non-hydrogen) atoms. The highest BCUT2D eigenvalue weighted by molar-refractivity contribution is 6.36. The molecule has 3 rings (SSSR count). The number of carboxylic acid groups (broad SMARTS) is 1. The third-order valence-corrected chi connectivity index (χ3v) is 4.10. The maximum absolute atomic E-state index is 14.0. The minimum absolute atomic E-state index is 0.0277. The molecule has 1 N–H and O–H groups in total. The summed E-state index contributed by atoms with van der Waals surface area (Å²) in [7, 11) is 1.38. The van der Waals surface area contributed by atoms with Crippen LogP contribution >= 0.6 is 11.6 Å². The van der Waals surface area contributed by atoms with Crippen molar-refractivity contribution in [2.45, 2.75) is 6.92 Å². The van der Waals surface area contributed by atoms with Crippen LogP contribution in [0.4, 0.5) is 4.39 Å². The Morgan fingerprint density at radius 1 is 1.25 bits per heavy atom. The number of aromatic nitrogens is 1. The Balaban J connectivity index is 2.32. The summed E-state index contributed by atoms with van der Waals surface area (Å²) in [4.78, 5) is 16.1. The molecule has 0 saturated carbocycles. The number of ether oxygens (including phenoxy) is 1. The van der Waals surface area contributed by atoms with Crippen molar-refractivity contribution in [3.05, 3.63) is 58.4 Å². The van der Waals surface area contributed by atoms with Crippen molar-refractivity contribution in [1.29, 1.82) is 0 Å². The summed E-state index contributed by atoms with van der Waals surface area (Å²) in [5, 5.41) is 10.2. The summed E-state index contributed by atoms with van der Waals surface area (Å²) in [6, 6.07) is 9.17. The fourth-order valence-corrected chi connectivity index (χ4v) is 2.83. The van der Waals surface area contributed by atoms with Crippen LogP contribution in [0.1, 0.15) is 15.9 Å². The van der Waals surface area contributed by atoms with Gasteiger partial charge < -0.3 is 9.84 Å². The number of carbonyl (C=O) groups is 1. The quantitative estimate of drug-likeness (QED) is 0.746. The molecule has 0 aliphatic rings. The fraction of sp³-hybridized carbons (Fsp3) is 0.111. The van der Waals surface area contributed by atoms with Crippen molar-refractivity contribution in [3.63, 3.8) is 0 Å². The summed E-state index contributed by atoms with van der Waals surface area (Å²) in [6.45, 7) is 1.82. The molecular weight excluding hydrogens is 333 g/mol. The van der Waals surface area contributed by atoms with Gasteiger partial charge >= 0.3 is 5.97 Å². The first-order valence-corrected chi connectivity index (χ1v) is 7.47. The molecule has 0 unspecified atom stereocenters. The number of hydrogen-bond acceptors (Lipinski definition) is 3. The van der Waals surface area contributed by atoms with Gasteiger partial charge in [-0.3, -0.25) is 0 Å². The molecule has 0 fully saturated rings. The highest BCUT2D eigenvalue weighted by Gasteiger charge is 2.17. The predicted molar refractivity (Wildman–Crippen MR) is 90.4 cm³/mol. The monoisotopic (exact) mass is 345 g/mol. The Labute approximate surface area is 142 Å². The van der Waals surface area contributed by atoms with Crippen LogP contribution in [-0.4, -0.2) is 23.2 Å². The molecule has 0 spiro atoms. The zero-order valence-electron chi connectivity index (χ0n) is 12.9. The van der Waals surface area contributed by atoms with Crippen molar-refractivity contribution in [1.82, 2.24) is 4.98 Å². The largest absolute Gasteiger partial charge is 0.494 e. The first-order chi connectivity index (χ1) is 11.4. The van der Waals surface area contributed by atoms with Crippen LogP contribution < -0.4 is 4.74 Å². The van der Waals surface area contributed by atoms with Crippen LogP contribution in [0.2, 0.25) is 5.02 Å². The van der Waals surface area contributed by atoms with Crippen molar-refractivity contribution in [2.75, 3.05) is 7.11 Å². The molecule has 1 aromatic heterocycles. The van der Waals surface area contributed by atoms with Gasteiger partial charge in [-0.05, 0) is 42.8 Å². The molecule has 0 amide bonds.